The number of rotatable bonds is 7. The molecular weight excluding hydrogens is 451 g/mol. The molecule has 0 aliphatic carbocycles. The molecule has 2 aromatic heterocycles. The van der Waals surface area contributed by atoms with Crippen molar-refractivity contribution in [3.05, 3.63) is 96.3 Å². The van der Waals surface area contributed by atoms with Crippen LogP contribution in [0.1, 0.15) is 16.7 Å². The maximum absolute atomic E-state index is 12.4. The van der Waals surface area contributed by atoms with E-state index in [-0.39, 0.29) is 38.5 Å². The fourth-order valence-corrected chi connectivity index (χ4v) is 3.08. The van der Waals surface area contributed by atoms with Crippen LogP contribution in [0.3, 0.4) is 0 Å². The number of benzene rings is 2. The van der Waals surface area contributed by atoms with Crippen molar-refractivity contribution in [1.82, 2.24) is 19.5 Å². The van der Waals surface area contributed by atoms with Crippen LogP contribution in [0.2, 0.25) is 0 Å². The van der Waals surface area contributed by atoms with Crippen molar-refractivity contribution in [2.75, 3.05) is 5.32 Å². The first kappa shape index (κ1) is 22.0. The zero-order valence-electron chi connectivity index (χ0n) is 16.6. The molecule has 1 N–H and O–H groups in total. The minimum Gasteiger partial charge on any atom is -0.340 e. The van der Waals surface area contributed by atoms with Crippen molar-refractivity contribution in [1.29, 1.82) is 0 Å². The molecular formula is C23H20N5OY-. The summed E-state index contributed by atoms with van der Waals surface area (Å²) in [5.74, 6) is 1.60. The summed E-state index contributed by atoms with van der Waals surface area (Å²) in [7, 11) is 0. The van der Waals surface area contributed by atoms with Crippen molar-refractivity contribution >= 4 is 17.3 Å². The van der Waals surface area contributed by atoms with Gasteiger partial charge in [-0.1, -0.05) is 19.1 Å². The molecule has 0 amide bonds. The molecule has 0 unspecified atom stereocenters. The van der Waals surface area contributed by atoms with E-state index in [4.69, 9.17) is 0 Å². The molecule has 0 bridgehead atoms. The van der Waals surface area contributed by atoms with Gasteiger partial charge in [-0.25, -0.2) is 15.0 Å². The summed E-state index contributed by atoms with van der Waals surface area (Å²) in [5.41, 5.74) is 4.00. The average Bonchev–Trinajstić information content (AvgIpc) is 3.25. The van der Waals surface area contributed by atoms with Gasteiger partial charge in [0.2, 0.25) is 0 Å². The third-order valence-corrected chi connectivity index (χ3v) is 4.44. The van der Waals surface area contributed by atoms with Gasteiger partial charge in [0.05, 0.1) is 0 Å². The van der Waals surface area contributed by atoms with E-state index in [1.54, 1.807) is 12.5 Å². The first-order valence-corrected chi connectivity index (χ1v) is 9.30. The van der Waals surface area contributed by atoms with Crippen LogP contribution in [0.25, 0.3) is 5.82 Å². The van der Waals surface area contributed by atoms with Crippen LogP contribution in [0.4, 0.5) is 11.5 Å². The Balaban J connectivity index is 0.00000256. The SMILES string of the molecule is Cc1c[c-]cc(CC(=O)Cc2ccc(Nc3cc(-n4ccnc4)ncn3)cc2)c1.[Y]. The second kappa shape index (κ2) is 10.4. The van der Waals surface area contributed by atoms with E-state index in [9.17, 15) is 4.79 Å². The molecule has 2 aromatic carbocycles. The third-order valence-electron chi connectivity index (χ3n) is 4.44. The van der Waals surface area contributed by atoms with Gasteiger partial charge in [0.1, 0.15) is 30.1 Å². The number of ketones is 1. The number of Topliss-reactive ketones (excluding diaryl/α,β-unsaturated/α-hetero) is 1. The number of aryl methyl sites for hydroxylation is 1. The monoisotopic (exact) mass is 471 g/mol. The Morgan fingerprint density at radius 2 is 1.87 bits per heavy atom. The van der Waals surface area contributed by atoms with Crippen molar-refractivity contribution in [3.63, 3.8) is 0 Å². The molecule has 147 valence electrons. The summed E-state index contributed by atoms with van der Waals surface area (Å²) in [5, 5.41) is 3.26. The summed E-state index contributed by atoms with van der Waals surface area (Å²) in [6.07, 6.45) is 7.56. The number of nitrogens with one attached hydrogen (secondary N) is 1. The molecule has 4 rings (SSSR count). The number of hydrogen-bond acceptors (Lipinski definition) is 5. The Morgan fingerprint density at radius 3 is 2.60 bits per heavy atom. The fraction of sp³-hybridized carbons (Fsp3) is 0.130. The molecule has 0 spiro atoms. The maximum atomic E-state index is 12.4. The van der Waals surface area contributed by atoms with Crippen LogP contribution in [0, 0.1) is 13.0 Å². The zero-order chi connectivity index (χ0) is 20.1. The van der Waals surface area contributed by atoms with Gasteiger partial charge in [0, 0.05) is 63.3 Å². The molecule has 1 radical (unpaired) electrons. The number of hydrogen-bond donors (Lipinski definition) is 1. The Kier molecular flexibility index (Phi) is 7.60. The fourth-order valence-electron chi connectivity index (χ4n) is 3.08. The number of aromatic nitrogens is 4. The zero-order valence-corrected chi connectivity index (χ0v) is 19.5. The van der Waals surface area contributed by atoms with Crippen LogP contribution >= 0.6 is 0 Å². The Bertz CT molecular complexity index is 1110. The molecule has 0 aliphatic heterocycles. The molecule has 2 heterocycles. The Morgan fingerprint density at radius 1 is 1.07 bits per heavy atom. The topological polar surface area (TPSA) is 72.7 Å². The smallest absolute Gasteiger partial charge is 0.143 e. The summed E-state index contributed by atoms with van der Waals surface area (Å²) >= 11 is 0. The number of carbonyl (C=O) groups excluding carboxylic acids is 1. The van der Waals surface area contributed by atoms with Crippen molar-refractivity contribution in [3.8, 4) is 5.82 Å². The average molecular weight is 471 g/mol. The van der Waals surface area contributed by atoms with Crippen LogP contribution in [-0.4, -0.2) is 25.3 Å². The van der Waals surface area contributed by atoms with Crippen molar-refractivity contribution < 1.29 is 37.5 Å². The minimum atomic E-state index is 0. The van der Waals surface area contributed by atoms with E-state index in [1.807, 2.05) is 66.2 Å². The molecule has 0 saturated heterocycles. The summed E-state index contributed by atoms with van der Waals surface area (Å²) in [6, 6.07) is 18.5. The van der Waals surface area contributed by atoms with Gasteiger partial charge in [0.15, 0.2) is 0 Å². The van der Waals surface area contributed by atoms with Gasteiger partial charge in [-0.05, 0) is 24.1 Å². The first-order chi connectivity index (χ1) is 14.2. The van der Waals surface area contributed by atoms with E-state index < -0.39 is 0 Å². The van der Waals surface area contributed by atoms with E-state index in [0.29, 0.717) is 18.7 Å². The molecule has 7 heteroatoms. The van der Waals surface area contributed by atoms with Gasteiger partial charge in [-0.2, -0.15) is 29.8 Å². The molecule has 6 nitrogen and oxygen atoms in total. The van der Waals surface area contributed by atoms with E-state index >= 15 is 0 Å². The molecule has 0 saturated carbocycles. The van der Waals surface area contributed by atoms with Gasteiger partial charge in [-0.3, -0.25) is 4.57 Å². The second-order valence-electron chi connectivity index (χ2n) is 6.86. The van der Waals surface area contributed by atoms with Crippen molar-refractivity contribution in [2.24, 2.45) is 0 Å². The van der Waals surface area contributed by atoms with Crippen LogP contribution in [0.15, 0.2) is 73.6 Å². The van der Waals surface area contributed by atoms with Gasteiger partial charge in [-0.15, -0.1) is 5.56 Å². The Hall–Kier alpha value is -2.70. The van der Waals surface area contributed by atoms with Crippen LogP contribution in [-0.2, 0) is 50.3 Å². The summed E-state index contributed by atoms with van der Waals surface area (Å²) < 4.78 is 1.81. The summed E-state index contributed by atoms with van der Waals surface area (Å²) in [4.78, 5) is 24.9. The van der Waals surface area contributed by atoms with Gasteiger partial charge >= 0.3 is 0 Å². The Labute approximate surface area is 200 Å². The molecule has 0 fully saturated rings. The van der Waals surface area contributed by atoms with Crippen molar-refractivity contribution in [2.45, 2.75) is 19.8 Å². The number of carbonyl (C=O) groups is 1. The molecule has 4 aromatic rings. The predicted octanol–water partition coefficient (Wildman–Crippen LogP) is 3.87. The maximum Gasteiger partial charge on any atom is 0.143 e. The molecule has 0 aliphatic rings. The second-order valence-corrected chi connectivity index (χ2v) is 6.86. The molecule has 0 atom stereocenters. The minimum absolute atomic E-state index is 0. The number of anilines is 2. The predicted molar refractivity (Wildman–Crippen MR) is 111 cm³/mol. The van der Waals surface area contributed by atoms with E-state index in [2.05, 4.69) is 26.3 Å². The van der Waals surface area contributed by atoms with Gasteiger partial charge in [0.25, 0.3) is 0 Å². The van der Waals surface area contributed by atoms with Gasteiger partial charge < -0.3 is 10.1 Å². The van der Waals surface area contributed by atoms with E-state index in [1.165, 1.54) is 6.33 Å². The quantitative estimate of drug-likeness (QED) is 0.415. The molecule has 30 heavy (non-hydrogen) atoms. The first-order valence-electron chi connectivity index (χ1n) is 9.30. The standard InChI is InChI=1S/C23H20N5O.Y/c1-17-3-2-4-19(11-17)13-21(29)12-18-5-7-20(8-6-18)27-22-14-23(26-15-25-22)28-10-9-24-16-28;/h3-11,14-16H,12-13H2,1H3,(H,25,26,27);/q-1;. The third kappa shape index (κ3) is 5.91. The van der Waals surface area contributed by atoms with Crippen LogP contribution < -0.4 is 5.32 Å². The number of imidazole rings is 1. The largest absolute Gasteiger partial charge is 0.340 e. The number of nitrogens with zero attached hydrogens (tertiary/aromatic N) is 4. The van der Waals surface area contributed by atoms with E-state index in [0.717, 1.165) is 28.2 Å². The summed E-state index contributed by atoms with van der Waals surface area (Å²) in [6.45, 7) is 2.01. The normalized spacial score (nSPS) is 10.3. The van der Waals surface area contributed by atoms with Crippen LogP contribution in [0.5, 0.6) is 0 Å².